The quantitative estimate of drug-likeness (QED) is 0.127. The molecule has 1 aliphatic carbocycles. The molecular formula is C39H46BrF2N10O2P. The number of halogens is 3. The first kappa shape index (κ1) is 37.7. The number of ether oxygens (including phenoxy) is 1. The molecule has 0 bridgehead atoms. The van der Waals surface area contributed by atoms with E-state index in [4.69, 9.17) is 14.7 Å². The van der Waals surface area contributed by atoms with E-state index in [9.17, 15) is 13.3 Å². The molecule has 3 aliphatic rings. The largest absolute Gasteiger partial charge is 0.494 e. The second-order valence-electron chi connectivity index (χ2n) is 15.1. The van der Waals surface area contributed by atoms with Crippen molar-refractivity contribution in [3.8, 4) is 16.9 Å². The monoisotopic (exact) mass is 834 g/mol. The Labute approximate surface area is 328 Å². The highest BCUT2D eigenvalue weighted by Gasteiger charge is 2.30. The predicted octanol–water partition coefficient (Wildman–Crippen LogP) is 7.88. The highest BCUT2D eigenvalue weighted by molar-refractivity contribution is 9.10. The Hall–Kier alpha value is -4.17. The van der Waals surface area contributed by atoms with Crippen molar-refractivity contribution in [3.05, 3.63) is 65.2 Å². The number of piperidine rings is 1. The van der Waals surface area contributed by atoms with Crippen molar-refractivity contribution in [2.45, 2.75) is 44.2 Å². The fraction of sp³-hybridized carbons (Fsp3) is 0.436. The molecule has 55 heavy (non-hydrogen) atoms. The van der Waals surface area contributed by atoms with Gasteiger partial charge in [-0.15, -0.1) is 0 Å². The van der Waals surface area contributed by atoms with Gasteiger partial charge in [0.2, 0.25) is 5.95 Å². The zero-order valence-electron chi connectivity index (χ0n) is 31.5. The number of piperazine rings is 1. The number of methoxy groups -OCH3 is 1. The summed E-state index contributed by atoms with van der Waals surface area (Å²) in [6, 6.07) is 12.3. The van der Waals surface area contributed by atoms with Crippen molar-refractivity contribution in [2.75, 3.05) is 82.3 Å². The number of hydrogen-bond acceptors (Lipinski definition) is 11. The fourth-order valence-corrected chi connectivity index (χ4v) is 9.60. The molecule has 2 aromatic carbocycles. The molecule has 0 spiro atoms. The van der Waals surface area contributed by atoms with E-state index >= 15 is 0 Å². The minimum Gasteiger partial charge on any atom is -0.494 e. The molecule has 16 heteroatoms. The Kier molecular flexibility index (Phi) is 10.6. The average Bonchev–Trinajstić information content (AvgIpc) is 3.91. The van der Waals surface area contributed by atoms with Crippen LogP contribution in [0.25, 0.3) is 22.0 Å². The number of anilines is 5. The summed E-state index contributed by atoms with van der Waals surface area (Å²) in [5.41, 5.74) is 5.32. The summed E-state index contributed by atoms with van der Waals surface area (Å²) in [5.74, 6) is 1.80. The number of hydrogen-bond donors (Lipinski definition) is 2. The van der Waals surface area contributed by atoms with Crippen LogP contribution in [-0.2, 0) is 4.57 Å². The van der Waals surface area contributed by atoms with E-state index in [0.29, 0.717) is 54.9 Å². The molecule has 2 N–H and O–H groups in total. The van der Waals surface area contributed by atoms with Crippen molar-refractivity contribution in [2.24, 2.45) is 0 Å². The predicted molar refractivity (Wildman–Crippen MR) is 219 cm³/mol. The second-order valence-corrected chi connectivity index (χ2v) is 19.1. The molecule has 12 nitrogen and oxygen atoms in total. The molecule has 5 aromatic rings. The van der Waals surface area contributed by atoms with Gasteiger partial charge in [-0.05, 0) is 86.3 Å². The summed E-state index contributed by atoms with van der Waals surface area (Å²) in [7, 11) is 0.994. The lowest BCUT2D eigenvalue weighted by molar-refractivity contribution is 0.0566. The van der Waals surface area contributed by atoms with E-state index in [-0.39, 0.29) is 5.95 Å². The minimum absolute atomic E-state index is 0.272. The van der Waals surface area contributed by atoms with Gasteiger partial charge >= 0.3 is 6.55 Å². The lowest BCUT2D eigenvalue weighted by Crippen LogP contribution is -2.52. The van der Waals surface area contributed by atoms with Crippen LogP contribution in [0.3, 0.4) is 0 Å². The molecule has 2 aliphatic heterocycles. The Morgan fingerprint density at radius 2 is 1.69 bits per heavy atom. The standard InChI is InChI=1S/C39H46BrF2N10O2P/c1-49-15-17-50(18-16-49)26-11-13-51(14-12-26)34-20-35(54-2)33(19-28(34)25-21-44-52(23-25)38(41)42)47-39-43-22-29(40)37(48-39)46-32-10-9-31-27(36(32)55(3,4)53)7-8-30(45-31)24-5-6-24/h7-10,19-24,26,38H,5-6,11-18H2,1-4H3,(H2,43,46,47,48). The van der Waals surface area contributed by atoms with Crippen LogP contribution < -0.4 is 25.6 Å². The molecule has 1 saturated carbocycles. The second kappa shape index (κ2) is 15.4. The van der Waals surface area contributed by atoms with Crippen LogP contribution in [-0.4, -0.2) is 107 Å². The maximum absolute atomic E-state index is 13.8. The van der Waals surface area contributed by atoms with Gasteiger partial charge in [0, 0.05) is 103 Å². The summed E-state index contributed by atoms with van der Waals surface area (Å²) in [6.45, 7) is 6.71. The van der Waals surface area contributed by atoms with Gasteiger partial charge < -0.3 is 29.7 Å². The number of rotatable bonds is 11. The average molecular weight is 836 g/mol. The third kappa shape index (κ3) is 8.07. The zero-order valence-corrected chi connectivity index (χ0v) is 34.0. The van der Waals surface area contributed by atoms with Crippen LogP contribution in [0.4, 0.5) is 37.6 Å². The molecular weight excluding hydrogens is 789 g/mol. The molecule has 8 rings (SSSR count). The van der Waals surface area contributed by atoms with Crippen LogP contribution in [0, 0.1) is 0 Å². The molecule has 0 atom stereocenters. The number of benzene rings is 2. The van der Waals surface area contributed by atoms with Gasteiger partial charge in [-0.2, -0.15) is 18.9 Å². The van der Waals surface area contributed by atoms with Crippen LogP contribution in [0.1, 0.15) is 43.8 Å². The minimum atomic E-state index is -2.78. The Morgan fingerprint density at radius 1 is 0.927 bits per heavy atom. The highest BCUT2D eigenvalue weighted by atomic mass is 79.9. The fourth-order valence-electron chi connectivity index (χ4n) is 7.83. The number of likely N-dealkylation sites (N-methyl/N-ethyl adjacent to an activating group) is 1. The maximum atomic E-state index is 13.8. The van der Waals surface area contributed by atoms with E-state index in [0.717, 1.165) is 92.8 Å². The van der Waals surface area contributed by atoms with Gasteiger partial charge in [0.1, 0.15) is 18.7 Å². The summed E-state index contributed by atoms with van der Waals surface area (Å²) < 4.78 is 48.4. The van der Waals surface area contributed by atoms with Crippen molar-refractivity contribution in [3.63, 3.8) is 0 Å². The molecule has 0 amide bonds. The summed E-state index contributed by atoms with van der Waals surface area (Å²) in [5, 5.41) is 12.2. The van der Waals surface area contributed by atoms with Gasteiger partial charge in [0.25, 0.3) is 0 Å². The molecule has 5 heterocycles. The lowest BCUT2D eigenvalue weighted by atomic mass is 9.98. The summed E-state index contributed by atoms with van der Waals surface area (Å²) in [4.78, 5) is 21.5. The van der Waals surface area contributed by atoms with Gasteiger partial charge in [-0.3, -0.25) is 9.88 Å². The number of alkyl halides is 2. The van der Waals surface area contributed by atoms with Gasteiger partial charge in [0.05, 0.1) is 34.7 Å². The number of pyridine rings is 1. The summed E-state index contributed by atoms with van der Waals surface area (Å²) in [6.07, 6.45) is 8.80. The molecule has 2 saturated heterocycles. The van der Waals surface area contributed by atoms with Crippen LogP contribution in [0.15, 0.2) is 59.5 Å². The molecule has 0 radical (unpaired) electrons. The van der Waals surface area contributed by atoms with E-state index in [1.165, 1.54) is 12.4 Å². The maximum Gasteiger partial charge on any atom is 0.333 e. The summed E-state index contributed by atoms with van der Waals surface area (Å²) >= 11 is 3.60. The lowest BCUT2D eigenvalue weighted by Gasteiger charge is -2.43. The van der Waals surface area contributed by atoms with Gasteiger partial charge in [-0.1, -0.05) is 6.07 Å². The van der Waals surface area contributed by atoms with E-state index in [2.05, 4.69) is 58.4 Å². The number of nitrogens with zero attached hydrogens (tertiary/aromatic N) is 8. The molecule has 290 valence electrons. The number of nitrogens with one attached hydrogen (secondary N) is 2. The number of aromatic nitrogens is 5. The molecule has 0 unspecified atom stereocenters. The van der Waals surface area contributed by atoms with E-state index in [1.807, 2.05) is 36.4 Å². The van der Waals surface area contributed by atoms with Crippen molar-refractivity contribution >= 4 is 68.1 Å². The van der Waals surface area contributed by atoms with Crippen molar-refractivity contribution in [1.82, 2.24) is 34.5 Å². The van der Waals surface area contributed by atoms with E-state index in [1.54, 1.807) is 26.6 Å². The van der Waals surface area contributed by atoms with Gasteiger partial charge in [-0.25, -0.2) is 9.67 Å². The van der Waals surface area contributed by atoms with Crippen LogP contribution in [0.5, 0.6) is 5.75 Å². The third-order valence-electron chi connectivity index (χ3n) is 10.9. The Morgan fingerprint density at radius 3 is 2.36 bits per heavy atom. The molecule has 3 aromatic heterocycles. The first-order chi connectivity index (χ1) is 26.4. The first-order valence-corrected chi connectivity index (χ1v) is 22.1. The van der Waals surface area contributed by atoms with Crippen LogP contribution >= 0.6 is 23.1 Å². The third-order valence-corrected chi connectivity index (χ3v) is 13.1. The number of fused-ring (bicyclic) bond motifs is 1. The van der Waals surface area contributed by atoms with Crippen LogP contribution in [0.2, 0.25) is 0 Å². The van der Waals surface area contributed by atoms with Crippen molar-refractivity contribution < 1.29 is 18.1 Å². The Balaban J connectivity index is 1.10. The smallest absolute Gasteiger partial charge is 0.333 e. The normalized spacial score (nSPS) is 17.6. The van der Waals surface area contributed by atoms with Crippen molar-refractivity contribution in [1.29, 1.82) is 0 Å². The van der Waals surface area contributed by atoms with Gasteiger partial charge in [0.15, 0.2) is 0 Å². The topological polar surface area (TPSA) is 117 Å². The highest BCUT2D eigenvalue weighted by Crippen LogP contribution is 2.45. The van der Waals surface area contributed by atoms with E-state index < -0.39 is 13.7 Å². The first-order valence-electron chi connectivity index (χ1n) is 18.7. The molecule has 3 fully saturated rings. The SMILES string of the molecule is COc1cc(N2CCC(N3CCN(C)CC3)CC2)c(-c2cnn(C(F)F)c2)cc1Nc1ncc(Br)c(Nc2ccc3nc(C4CC4)ccc3c2P(C)(C)=O)n1. The zero-order chi connectivity index (χ0) is 38.4. The Bertz CT molecular complexity index is 2250.